The molecule has 1 atom stereocenters. The van der Waals surface area contributed by atoms with Gasteiger partial charge in [0.2, 0.25) is 0 Å². The number of aromatic nitrogens is 1. The average molecular weight is 252 g/mol. The van der Waals surface area contributed by atoms with Crippen molar-refractivity contribution in [1.82, 2.24) is 10.3 Å². The van der Waals surface area contributed by atoms with Gasteiger partial charge in [-0.25, -0.2) is 0 Å². The molecule has 0 bridgehead atoms. The van der Waals surface area contributed by atoms with E-state index in [1.165, 1.54) is 5.56 Å². The number of hydrogen-bond donors (Lipinski definition) is 1. The first kappa shape index (κ1) is 14.9. The number of rotatable bonds is 9. The summed E-state index contributed by atoms with van der Waals surface area (Å²) in [6, 6.07) is 2.36. The first-order chi connectivity index (χ1) is 8.81. The second kappa shape index (κ2) is 8.89. The van der Waals surface area contributed by atoms with E-state index in [-0.39, 0.29) is 0 Å². The van der Waals surface area contributed by atoms with Gasteiger partial charge in [-0.05, 0) is 37.9 Å². The van der Waals surface area contributed by atoms with E-state index in [9.17, 15) is 0 Å². The summed E-state index contributed by atoms with van der Waals surface area (Å²) in [7, 11) is 1.66. The first-order valence-electron chi connectivity index (χ1n) is 6.61. The average Bonchev–Trinajstić information content (AvgIpc) is 2.42. The van der Waals surface area contributed by atoms with Gasteiger partial charge in [0.05, 0.1) is 13.3 Å². The molecule has 1 unspecified atom stereocenters. The molecule has 102 valence electrons. The summed E-state index contributed by atoms with van der Waals surface area (Å²) in [6.07, 6.45) is 5.72. The lowest BCUT2D eigenvalue weighted by atomic mass is 10.0. The lowest BCUT2D eigenvalue weighted by molar-refractivity contribution is 0.141. The summed E-state index contributed by atoms with van der Waals surface area (Å²) >= 11 is 0. The van der Waals surface area contributed by atoms with Crippen molar-refractivity contribution in [3.8, 4) is 5.75 Å². The largest absolute Gasteiger partial charge is 0.495 e. The third-order valence-electron chi connectivity index (χ3n) is 2.81. The van der Waals surface area contributed by atoms with E-state index in [4.69, 9.17) is 9.47 Å². The highest BCUT2D eigenvalue weighted by Crippen LogP contribution is 2.21. The summed E-state index contributed by atoms with van der Waals surface area (Å²) in [5, 5.41) is 3.48. The van der Waals surface area contributed by atoms with Crippen LogP contribution in [0.25, 0.3) is 0 Å². The molecule has 0 spiro atoms. The van der Waals surface area contributed by atoms with Crippen molar-refractivity contribution in [3.63, 3.8) is 0 Å². The Morgan fingerprint density at radius 2 is 2.17 bits per heavy atom. The van der Waals surface area contributed by atoms with Crippen molar-refractivity contribution in [2.75, 3.05) is 26.9 Å². The Balaban J connectivity index is 2.58. The number of hydrogen-bond acceptors (Lipinski definition) is 4. The van der Waals surface area contributed by atoms with Crippen molar-refractivity contribution in [2.45, 2.75) is 32.7 Å². The van der Waals surface area contributed by atoms with Gasteiger partial charge in [-0.3, -0.25) is 4.98 Å². The predicted molar refractivity (Wildman–Crippen MR) is 72.9 cm³/mol. The van der Waals surface area contributed by atoms with Crippen LogP contribution >= 0.6 is 0 Å². The standard InChI is InChI=1S/C14H24N2O2/c1-4-16-14(7-6-8-18-5-2)12-9-13(17-3)11-15-10-12/h9-11,14,16H,4-8H2,1-3H3. The van der Waals surface area contributed by atoms with Gasteiger partial charge in [0.15, 0.2) is 0 Å². The van der Waals surface area contributed by atoms with Crippen LogP contribution in [0.4, 0.5) is 0 Å². The summed E-state index contributed by atoms with van der Waals surface area (Å²) in [5.41, 5.74) is 1.17. The number of pyridine rings is 1. The zero-order valence-corrected chi connectivity index (χ0v) is 11.6. The summed E-state index contributed by atoms with van der Waals surface area (Å²) in [5.74, 6) is 0.806. The molecule has 0 saturated heterocycles. The van der Waals surface area contributed by atoms with Crippen LogP contribution in [0.5, 0.6) is 5.75 Å². The molecular formula is C14H24N2O2. The molecule has 0 saturated carbocycles. The molecule has 0 amide bonds. The quantitative estimate of drug-likeness (QED) is 0.686. The van der Waals surface area contributed by atoms with Gasteiger partial charge in [0, 0.05) is 25.5 Å². The van der Waals surface area contributed by atoms with E-state index in [0.717, 1.165) is 38.3 Å². The van der Waals surface area contributed by atoms with Gasteiger partial charge in [0.25, 0.3) is 0 Å². The van der Waals surface area contributed by atoms with Crippen LogP contribution in [-0.2, 0) is 4.74 Å². The minimum absolute atomic E-state index is 0.318. The minimum Gasteiger partial charge on any atom is -0.495 e. The second-order valence-corrected chi connectivity index (χ2v) is 4.11. The SMILES string of the molecule is CCNC(CCCOCC)c1cncc(OC)c1. The van der Waals surface area contributed by atoms with Crippen molar-refractivity contribution in [1.29, 1.82) is 0 Å². The molecule has 1 aromatic heterocycles. The third kappa shape index (κ3) is 5.02. The van der Waals surface area contributed by atoms with Gasteiger partial charge in [0.1, 0.15) is 5.75 Å². The molecule has 0 fully saturated rings. The highest BCUT2D eigenvalue weighted by Gasteiger charge is 2.11. The summed E-state index contributed by atoms with van der Waals surface area (Å²) in [4.78, 5) is 4.21. The van der Waals surface area contributed by atoms with E-state index < -0.39 is 0 Å². The second-order valence-electron chi connectivity index (χ2n) is 4.11. The molecule has 1 rings (SSSR count). The normalized spacial score (nSPS) is 12.4. The van der Waals surface area contributed by atoms with Crippen LogP contribution < -0.4 is 10.1 Å². The van der Waals surface area contributed by atoms with Crippen molar-refractivity contribution < 1.29 is 9.47 Å². The molecular weight excluding hydrogens is 228 g/mol. The van der Waals surface area contributed by atoms with Crippen LogP contribution in [0.1, 0.15) is 38.3 Å². The van der Waals surface area contributed by atoms with Gasteiger partial charge in [-0.1, -0.05) is 6.92 Å². The van der Waals surface area contributed by atoms with E-state index in [1.54, 1.807) is 13.3 Å². The molecule has 4 nitrogen and oxygen atoms in total. The summed E-state index contributed by atoms with van der Waals surface area (Å²) in [6.45, 7) is 6.68. The Morgan fingerprint density at radius 3 is 2.83 bits per heavy atom. The van der Waals surface area contributed by atoms with E-state index in [2.05, 4.69) is 17.2 Å². The molecule has 0 aliphatic carbocycles. The molecule has 0 aliphatic rings. The number of nitrogens with zero attached hydrogens (tertiary/aromatic N) is 1. The fourth-order valence-electron chi connectivity index (χ4n) is 1.90. The van der Waals surface area contributed by atoms with Gasteiger partial charge < -0.3 is 14.8 Å². The fraction of sp³-hybridized carbons (Fsp3) is 0.643. The monoisotopic (exact) mass is 252 g/mol. The van der Waals surface area contributed by atoms with E-state index >= 15 is 0 Å². The van der Waals surface area contributed by atoms with Crippen molar-refractivity contribution in [3.05, 3.63) is 24.0 Å². The number of nitrogens with one attached hydrogen (secondary N) is 1. The number of ether oxygens (including phenoxy) is 2. The van der Waals surface area contributed by atoms with Crippen LogP contribution in [0.15, 0.2) is 18.5 Å². The smallest absolute Gasteiger partial charge is 0.137 e. The number of methoxy groups -OCH3 is 1. The molecule has 1 heterocycles. The van der Waals surface area contributed by atoms with Crippen LogP contribution in [0.2, 0.25) is 0 Å². The van der Waals surface area contributed by atoms with Crippen molar-refractivity contribution >= 4 is 0 Å². The predicted octanol–water partition coefficient (Wildman–Crippen LogP) is 2.56. The highest BCUT2D eigenvalue weighted by atomic mass is 16.5. The molecule has 0 aliphatic heterocycles. The Labute approximate surface area is 110 Å². The minimum atomic E-state index is 0.318. The topological polar surface area (TPSA) is 43.4 Å². The Hall–Kier alpha value is -1.13. The Bertz CT molecular complexity index is 331. The molecule has 1 aromatic rings. The fourth-order valence-corrected chi connectivity index (χ4v) is 1.90. The Morgan fingerprint density at radius 1 is 1.33 bits per heavy atom. The highest BCUT2D eigenvalue weighted by molar-refractivity contribution is 5.25. The molecule has 4 heteroatoms. The zero-order valence-electron chi connectivity index (χ0n) is 11.6. The Kier molecular flexibility index (Phi) is 7.37. The maximum Gasteiger partial charge on any atom is 0.137 e. The molecule has 0 aromatic carbocycles. The van der Waals surface area contributed by atoms with E-state index in [0.29, 0.717) is 6.04 Å². The van der Waals surface area contributed by atoms with Gasteiger partial charge in [-0.15, -0.1) is 0 Å². The summed E-state index contributed by atoms with van der Waals surface area (Å²) < 4.78 is 10.6. The van der Waals surface area contributed by atoms with Crippen molar-refractivity contribution in [2.24, 2.45) is 0 Å². The van der Waals surface area contributed by atoms with Crippen LogP contribution in [-0.4, -0.2) is 31.9 Å². The molecule has 18 heavy (non-hydrogen) atoms. The molecule has 0 radical (unpaired) electrons. The lowest BCUT2D eigenvalue weighted by Gasteiger charge is -2.18. The lowest BCUT2D eigenvalue weighted by Crippen LogP contribution is -2.21. The third-order valence-corrected chi connectivity index (χ3v) is 2.81. The van der Waals surface area contributed by atoms with Gasteiger partial charge in [-0.2, -0.15) is 0 Å². The van der Waals surface area contributed by atoms with Crippen LogP contribution in [0, 0.1) is 0 Å². The van der Waals surface area contributed by atoms with Gasteiger partial charge >= 0.3 is 0 Å². The maximum absolute atomic E-state index is 5.37. The maximum atomic E-state index is 5.37. The van der Waals surface area contributed by atoms with Crippen LogP contribution in [0.3, 0.4) is 0 Å². The zero-order chi connectivity index (χ0) is 13.2. The molecule has 1 N–H and O–H groups in total. The first-order valence-corrected chi connectivity index (χ1v) is 6.61. The van der Waals surface area contributed by atoms with E-state index in [1.807, 2.05) is 19.2 Å².